The molecule has 2 aromatic rings. The average Bonchev–Trinajstić information content (AvgIpc) is 3.34. The number of methoxy groups -OCH3 is 2. The Labute approximate surface area is 165 Å². The Morgan fingerprint density at radius 3 is 2.81 bits per heavy atom. The number of ether oxygens (including phenoxy) is 2. The van der Waals surface area contributed by atoms with Crippen molar-refractivity contribution in [2.45, 2.75) is 27.6 Å². The van der Waals surface area contributed by atoms with Gasteiger partial charge in [-0.3, -0.25) is 4.79 Å². The van der Waals surface area contributed by atoms with Gasteiger partial charge in [-0.15, -0.1) is 10.2 Å². The first-order valence-corrected chi connectivity index (χ1v) is 11.2. The highest BCUT2D eigenvalue weighted by Gasteiger charge is 2.32. The van der Waals surface area contributed by atoms with Gasteiger partial charge in [-0.2, -0.15) is 0 Å². The maximum absolute atomic E-state index is 12.8. The van der Waals surface area contributed by atoms with Crippen LogP contribution in [0.25, 0.3) is 0 Å². The summed E-state index contributed by atoms with van der Waals surface area (Å²) >= 11 is 4.54. The van der Waals surface area contributed by atoms with Crippen LogP contribution >= 0.6 is 34.9 Å². The van der Waals surface area contributed by atoms with Gasteiger partial charge >= 0.3 is 0 Å². The van der Waals surface area contributed by atoms with Crippen molar-refractivity contribution in [3.05, 3.63) is 23.8 Å². The van der Waals surface area contributed by atoms with Crippen LogP contribution in [0.5, 0.6) is 11.5 Å². The Balaban J connectivity index is 1.72. The van der Waals surface area contributed by atoms with Crippen molar-refractivity contribution < 1.29 is 14.3 Å². The van der Waals surface area contributed by atoms with Crippen LogP contribution in [0.15, 0.2) is 26.9 Å². The van der Waals surface area contributed by atoms with E-state index in [9.17, 15) is 4.79 Å². The molecule has 9 heteroatoms. The summed E-state index contributed by atoms with van der Waals surface area (Å²) in [5.74, 6) is 2.04. The first-order chi connectivity index (χ1) is 12.7. The minimum absolute atomic E-state index is 0.0179. The lowest BCUT2D eigenvalue weighted by Crippen LogP contribution is -2.32. The van der Waals surface area contributed by atoms with Gasteiger partial charge in [0.2, 0.25) is 5.91 Å². The Kier molecular flexibility index (Phi) is 6.66. The number of amides is 1. The molecular weight excluding hydrogens is 390 g/mol. The molecular formula is C17H21N3O3S3. The van der Waals surface area contributed by atoms with Gasteiger partial charge in [0, 0.05) is 12.1 Å². The predicted octanol–water partition coefficient (Wildman–Crippen LogP) is 3.73. The van der Waals surface area contributed by atoms with Crippen LogP contribution in [0, 0.1) is 0 Å². The van der Waals surface area contributed by atoms with E-state index in [0.29, 0.717) is 5.75 Å². The molecule has 3 rings (SSSR count). The van der Waals surface area contributed by atoms with E-state index in [2.05, 4.69) is 10.2 Å². The molecule has 1 unspecified atom stereocenters. The number of hydrogen-bond donors (Lipinski definition) is 0. The van der Waals surface area contributed by atoms with E-state index in [1.165, 1.54) is 23.1 Å². The molecule has 0 bridgehead atoms. The quantitative estimate of drug-likeness (QED) is 0.643. The van der Waals surface area contributed by atoms with Gasteiger partial charge in [0.1, 0.15) is 11.5 Å². The standard InChI is InChI=1S/C17H21N3O3S3/c1-22-11-6-7-14(23-2)12(9-11)13-5-4-8-20(13)15(21)10-25-17-19-18-16(24-3)26-17/h6-7,9,13H,4-5,8,10H2,1-3H3. The van der Waals surface area contributed by atoms with Gasteiger partial charge in [0.05, 0.1) is 26.0 Å². The van der Waals surface area contributed by atoms with E-state index in [1.54, 1.807) is 26.0 Å². The topological polar surface area (TPSA) is 64.6 Å². The van der Waals surface area contributed by atoms with Crippen molar-refractivity contribution in [3.63, 3.8) is 0 Å². The Bertz CT molecular complexity index is 769. The molecule has 26 heavy (non-hydrogen) atoms. The van der Waals surface area contributed by atoms with E-state index in [0.717, 1.165) is 45.1 Å². The summed E-state index contributed by atoms with van der Waals surface area (Å²) in [6.07, 6.45) is 3.88. The Hall–Kier alpha value is -1.45. The zero-order valence-electron chi connectivity index (χ0n) is 14.9. The zero-order chi connectivity index (χ0) is 18.5. The number of benzene rings is 1. The van der Waals surface area contributed by atoms with Gasteiger partial charge in [-0.1, -0.05) is 34.9 Å². The largest absolute Gasteiger partial charge is 0.497 e. The molecule has 0 N–H and O–H groups in total. The fourth-order valence-electron chi connectivity index (χ4n) is 3.03. The van der Waals surface area contributed by atoms with Crippen LogP contribution in [0.3, 0.4) is 0 Å². The van der Waals surface area contributed by atoms with Gasteiger partial charge in [-0.25, -0.2) is 0 Å². The van der Waals surface area contributed by atoms with Gasteiger partial charge in [0.25, 0.3) is 0 Å². The minimum atomic E-state index is 0.0179. The molecule has 1 aliphatic rings. The van der Waals surface area contributed by atoms with Crippen LogP contribution in [-0.4, -0.2) is 53.8 Å². The number of carbonyl (C=O) groups is 1. The van der Waals surface area contributed by atoms with E-state index in [4.69, 9.17) is 9.47 Å². The van der Waals surface area contributed by atoms with Crippen LogP contribution in [0.4, 0.5) is 0 Å². The number of thioether (sulfide) groups is 2. The molecule has 0 aliphatic carbocycles. The smallest absolute Gasteiger partial charge is 0.233 e. The van der Waals surface area contributed by atoms with Crippen molar-refractivity contribution >= 4 is 40.8 Å². The number of aromatic nitrogens is 2. The second-order valence-corrected chi connectivity index (χ2v) is 8.93. The predicted molar refractivity (Wildman–Crippen MR) is 106 cm³/mol. The van der Waals surface area contributed by atoms with Gasteiger partial charge < -0.3 is 14.4 Å². The minimum Gasteiger partial charge on any atom is -0.497 e. The molecule has 1 saturated heterocycles. The molecule has 0 spiro atoms. The third kappa shape index (κ3) is 4.27. The monoisotopic (exact) mass is 411 g/mol. The second-order valence-electron chi connectivity index (χ2n) is 5.68. The molecule has 140 valence electrons. The summed E-state index contributed by atoms with van der Waals surface area (Å²) < 4.78 is 12.6. The summed E-state index contributed by atoms with van der Waals surface area (Å²) in [6, 6.07) is 5.76. The molecule has 0 saturated carbocycles. The molecule has 1 aromatic carbocycles. The zero-order valence-corrected chi connectivity index (χ0v) is 17.4. The summed E-state index contributed by atoms with van der Waals surface area (Å²) in [7, 11) is 3.30. The number of hydrogen-bond acceptors (Lipinski definition) is 8. The molecule has 1 aromatic heterocycles. The van der Waals surface area contributed by atoms with Crippen LogP contribution in [0.2, 0.25) is 0 Å². The van der Waals surface area contributed by atoms with Crippen molar-refractivity contribution in [1.82, 2.24) is 15.1 Å². The number of likely N-dealkylation sites (tertiary alicyclic amines) is 1. The maximum atomic E-state index is 12.8. The van der Waals surface area contributed by atoms with E-state index in [-0.39, 0.29) is 11.9 Å². The van der Waals surface area contributed by atoms with Crippen molar-refractivity contribution in [3.8, 4) is 11.5 Å². The average molecular weight is 412 g/mol. The maximum Gasteiger partial charge on any atom is 0.233 e. The molecule has 6 nitrogen and oxygen atoms in total. The van der Waals surface area contributed by atoms with Crippen molar-refractivity contribution in [2.24, 2.45) is 0 Å². The molecule has 1 amide bonds. The third-order valence-corrected chi connectivity index (χ3v) is 7.27. The fourth-order valence-corrected chi connectivity index (χ4v) is 5.36. The Morgan fingerprint density at radius 2 is 2.12 bits per heavy atom. The van der Waals surface area contributed by atoms with E-state index in [1.807, 2.05) is 29.4 Å². The van der Waals surface area contributed by atoms with Crippen LogP contribution in [0.1, 0.15) is 24.4 Å². The summed E-state index contributed by atoms with van der Waals surface area (Å²) in [4.78, 5) is 14.8. The summed E-state index contributed by atoms with van der Waals surface area (Å²) in [6.45, 7) is 0.761. The van der Waals surface area contributed by atoms with Crippen LogP contribution in [-0.2, 0) is 4.79 Å². The Morgan fingerprint density at radius 1 is 1.31 bits per heavy atom. The lowest BCUT2D eigenvalue weighted by Gasteiger charge is -2.26. The highest BCUT2D eigenvalue weighted by Crippen LogP contribution is 2.39. The van der Waals surface area contributed by atoms with E-state index >= 15 is 0 Å². The van der Waals surface area contributed by atoms with E-state index < -0.39 is 0 Å². The molecule has 1 aliphatic heterocycles. The SMILES string of the molecule is COc1ccc(OC)c(C2CCCN2C(=O)CSc2nnc(SC)s2)c1. The molecule has 2 heterocycles. The van der Waals surface area contributed by atoms with Gasteiger partial charge in [-0.05, 0) is 37.3 Å². The first-order valence-electron chi connectivity index (χ1n) is 8.18. The molecule has 1 fully saturated rings. The van der Waals surface area contributed by atoms with Crippen molar-refractivity contribution in [1.29, 1.82) is 0 Å². The molecule has 1 atom stereocenters. The third-order valence-electron chi connectivity index (χ3n) is 4.25. The number of rotatable bonds is 7. The second kappa shape index (κ2) is 8.96. The summed E-state index contributed by atoms with van der Waals surface area (Å²) in [5.41, 5.74) is 1.00. The fraction of sp³-hybridized carbons (Fsp3) is 0.471. The highest BCUT2D eigenvalue weighted by atomic mass is 32.2. The summed E-state index contributed by atoms with van der Waals surface area (Å²) in [5, 5.41) is 8.19. The van der Waals surface area contributed by atoms with Crippen LogP contribution < -0.4 is 9.47 Å². The normalized spacial score (nSPS) is 16.7. The lowest BCUT2D eigenvalue weighted by atomic mass is 10.0. The molecule has 0 radical (unpaired) electrons. The lowest BCUT2D eigenvalue weighted by molar-refractivity contribution is -0.129. The van der Waals surface area contributed by atoms with Crippen molar-refractivity contribution in [2.75, 3.05) is 32.8 Å². The number of nitrogens with zero attached hydrogens (tertiary/aromatic N) is 3. The first kappa shape index (κ1) is 19.3. The number of carbonyl (C=O) groups excluding carboxylic acids is 1. The highest BCUT2D eigenvalue weighted by molar-refractivity contribution is 8.03. The van der Waals surface area contributed by atoms with Gasteiger partial charge in [0.15, 0.2) is 8.68 Å².